The third kappa shape index (κ3) is 2.31. The summed E-state index contributed by atoms with van der Waals surface area (Å²) in [5.41, 5.74) is 2.27. The Bertz CT molecular complexity index is 196. The van der Waals surface area contributed by atoms with Crippen LogP contribution < -0.4 is 21.9 Å². The second-order valence-electron chi connectivity index (χ2n) is 2.60. The molecule has 1 amide bonds. The summed E-state index contributed by atoms with van der Waals surface area (Å²) in [6.07, 6.45) is 1.77. The first kappa shape index (κ1) is 9.21. The molecular weight excluding hydrogens is 176 g/mol. The fourth-order valence-corrected chi connectivity index (χ4v) is 1.25. The van der Waals surface area contributed by atoms with Crippen molar-refractivity contribution in [3.63, 3.8) is 0 Å². The number of hydrogen-bond acceptors (Lipinski definition) is 3. The number of amides is 1. The Morgan fingerprint density at radius 3 is 3.08 bits per heavy atom. The SMILES string of the molecule is NNC(=S)NC1CCCNC1=O. The molecule has 1 fully saturated rings. The summed E-state index contributed by atoms with van der Waals surface area (Å²) in [4.78, 5) is 11.1. The molecule has 5 nitrogen and oxygen atoms in total. The Morgan fingerprint density at radius 1 is 1.75 bits per heavy atom. The van der Waals surface area contributed by atoms with Gasteiger partial charge in [0.15, 0.2) is 5.11 Å². The maximum Gasteiger partial charge on any atom is 0.242 e. The quantitative estimate of drug-likeness (QED) is 0.231. The number of carbonyl (C=O) groups is 1. The molecule has 0 aliphatic carbocycles. The van der Waals surface area contributed by atoms with Crippen molar-refractivity contribution in [3.05, 3.63) is 0 Å². The number of hydrazine groups is 1. The van der Waals surface area contributed by atoms with Crippen LogP contribution in [-0.4, -0.2) is 23.6 Å². The lowest BCUT2D eigenvalue weighted by molar-refractivity contribution is -0.124. The van der Waals surface area contributed by atoms with E-state index in [9.17, 15) is 4.79 Å². The molecule has 68 valence electrons. The summed E-state index contributed by atoms with van der Waals surface area (Å²) in [5.74, 6) is 5.03. The molecule has 0 saturated carbocycles. The van der Waals surface area contributed by atoms with Crippen LogP contribution in [0.4, 0.5) is 0 Å². The van der Waals surface area contributed by atoms with Crippen LogP contribution in [0.25, 0.3) is 0 Å². The predicted molar refractivity (Wildman–Crippen MR) is 49.1 cm³/mol. The molecule has 1 saturated heterocycles. The Labute approximate surface area is 76.0 Å². The summed E-state index contributed by atoms with van der Waals surface area (Å²) in [6, 6.07) is -0.234. The van der Waals surface area contributed by atoms with Gasteiger partial charge in [0.05, 0.1) is 0 Å². The minimum atomic E-state index is -0.234. The molecule has 0 aromatic heterocycles. The highest BCUT2D eigenvalue weighted by Gasteiger charge is 2.21. The van der Waals surface area contributed by atoms with E-state index < -0.39 is 0 Å². The van der Waals surface area contributed by atoms with E-state index in [1.54, 1.807) is 0 Å². The van der Waals surface area contributed by atoms with Crippen LogP contribution in [0.1, 0.15) is 12.8 Å². The highest BCUT2D eigenvalue weighted by atomic mass is 32.1. The highest BCUT2D eigenvalue weighted by Crippen LogP contribution is 2.01. The van der Waals surface area contributed by atoms with Gasteiger partial charge >= 0.3 is 0 Å². The highest BCUT2D eigenvalue weighted by molar-refractivity contribution is 7.80. The average molecular weight is 188 g/mol. The van der Waals surface area contributed by atoms with E-state index in [1.807, 2.05) is 0 Å². The first-order chi connectivity index (χ1) is 5.74. The number of piperidine rings is 1. The number of nitrogens with two attached hydrogens (primary N) is 1. The van der Waals surface area contributed by atoms with Crippen molar-refractivity contribution in [2.75, 3.05) is 6.54 Å². The van der Waals surface area contributed by atoms with Crippen LogP contribution in [0, 0.1) is 0 Å². The molecule has 1 aliphatic rings. The van der Waals surface area contributed by atoms with Gasteiger partial charge in [-0.15, -0.1) is 0 Å². The van der Waals surface area contributed by atoms with Gasteiger partial charge < -0.3 is 16.1 Å². The lowest BCUT2D eigenvalue weighted by Gasteiger charge is -2.23. The van der Waals surface area contributed by atoms with Gasteiger partial charge in [-0.2, -0.15) is 0 Å². The Balaban J connectivity index is 2.39. The van der Waals surface area contributed by atoms with E-state index in [0.717, 1.165) is 19.4 Å². The Morgan fingerprint density at radius 2 is 2.50 bits per heavy atom. The predicted octanol–water partition coefficient (Wildman–Crippen LogP) is -1.40. The lowest BCUT2D eigenvalue weighted by Crippen LogP contribution is -2.53. The minimum absolute atomic E-state index is 0.0150. The second kappa shape index (κ2) is 4.22. The zero-order chi connectivity index (χ0) is 8.97. The summed E-state index contributed by atoms with van der Waals surface area (Å²) < 4.78 is 0. The lowest BCUT2D eigenvalue weighted by atomic mass is 10.1. The van der Waals surface area contributed by atoms with E-state index in [1.165, 1.54) is 0 Å². The zero-order valence-electron chi connectivity index (χ0n) is 6.59. The van der Waals surface area contributed by atoms with Gasteiger partial charge in [0, 0.05) is 6.54 Å². The summed E-state index contributed by atoms with van der Waals surface area (Å²) in [6.45, 7) is 0.750. The molecule has 0 aromatic carbocycles. The molecule has 6 heteroatoms. The first-order valence-corrected chi connectivity index (χ1v) is 4.19. The fraction of sp³-hybridized carbons (Fsp3) is 0.667. The van der Waals surface area contributed by atoms with E-state index >= 15 is 0 Å². The van der Waals surface area contributed by atoms with E-state index in [4.69, 9.17) is 18.1 Å². The molecule has 1 heterocycles. The van der Waals surface area contributed by atoms with Crippen LogP contribution in [0.5, 0.6) is 0 Å². The molecule has 12 heavy (non-hydrogen) atoms. The Hall–Kier alpha value is -0.880. The van der Waals surface area contributed by atoms with Crippen LogP contribution in [-0.2, 0) is 4.79 Å². The molecule has 5 N–H and O–H groups in total. The fourth-order valence-electron chi connectivity index (χ4n) is 1.11. The van der Waals surface area contributed by atoms with E-state index in [0.29, 0.717) is 5.11 Å². The number of carbonyl (C=O) groups excluding carboxylic acids is 1. The van der Waals surface area contributed by atoms with Crippen molar-refractivity contribution in [3.8, 4) is 0 Å². The molecule has 0 radical (unpaired) electrons. The van der Waals surface area contributed by atoms with Gasteiger partial charge in [-0.05, 0) is 25.1 Å². The number of rotatable bonds is 1. The van der Waals surface area contributed by atoms with Crippen molar-refractivity contribution in [1.29, 1.82) is 0 Å². The molecule has 1 unspecified atom stereocenters. The van der Waals surface area contributed by atoms with Crippen molar-refractivity contribution in [1.82, 2.24) is 16.1 Å². The number of nitrogens with one attached hydrogen (secondary N) is 3. The zero-order valence-corrected chi connectivity index (χ0v) is 7.41. The second-order valence-corrected chi connectivity index (χ2v) is 3.01. The van der Waals surface area contributed by atoms with Crippen LogP contribution in [0.3, 0.4) is 0 Å². The van der Waals surface area contributed by atoms with Gasteiger partial charge in [0.2, 0.25) is 5.91 Å². The summed E-state index contributed by atoms with van der Waals surface area (Å²) in [7, 11) is 0. The number of thiocarbonyl (C=S) groups is 1. The number of hydrogen-bond donors (Lipinski definition) is 4. The van der Waals surface area contributed by atoms with E-state index in [-0.39, 0.29) is 11.9 Å². The molecule has 0 aromatic rings. The van der Waals surface area contributed by atoms with Crippen LogP contribution >= 0.6 is 12.2 Å². The van der Waals surface area contributed by atoms with Gasteiger partial charge in [0.1, 0.15) is 6.04 Å². The van der Waals surface area contributed by atoms with Crippen molar-refractivity contribution in [2.45, 2.75) is 18.9 Å². The molecule has 1 aliphatic heterocycles. The standard InChI is InChI=1S/C6H12N4OS/c7-10-6(12)9-4-2-1-3-8-5(4)11/h4H,1-3,7H2,(H,8,11)(H2,9,10,12). The largest absolute Gasteiger partial charge is 0.354 e. The van der Waals surface area contributed by atoms with Gasteiger partial charge in [0.25, 0.3) is 0 Å². The Kier molecular flexibility index (Phi) is 3.24. The third-order valence-corrected chi connectivity index (χ3v) is 1.96. The topological polar surface area (TPSA) is 79.2 Å². The van der Waals surface area contributed by atoms with Crippen molar-refractivity contribution < 1.29 is 4.79 Å². The van der Waals surface area contributed by atoms with Gasteiger partial charge in [-0.3, -0.25) is 4.79 Å². The van der Waals surface area contributed by atoms with Crippen LogP contribution in [0.2, 0.25) is 0 Å². The third-order valence-electron chi connectivity index (χ3n) is 1.72. The molecular formula is C6H12N4OS. The minimum Gasteiger partial charge on any atom is -0.354 e. The summed E-state index contributed by atoms with van der Waals surface area (Å²) >= 11 is 4.76. The average Bonchev–Trinajstić information content (AvgIpc) is 2.09. The van der Waals surface area contributed by atoms with E-state index in [2.05, 4.69) is 16.1 Å². The van der Waals surface area contributed by atoms with Gasteiger partial charge in [-0.1, -0.05) is 0 Å². The molecule has 0 bridgehead atoms. The normalized spacial score (nSPS) is 22.8. The van der Waals surface area contributed by atoms with Crippen molar-refractivity contribution in [2.24, 2.45) is 5.84 Å². The molecule has 1 rings (SSSR count). The van der Waals surface area contributed by atoms with Gasteiger partial charge in [-0.25, -0.2) is 5.84 Å². The monoisotopic (exact) mass is 188 g/mol. The first-order valence-electron chi connectivity index (χ1n) is 3.79. The van der Waals surface area contributed by atoms with Crippen molar-refractivity contribution >= 4 is 23.2 Å². The summed E-state index contributed by atoms with van der Waals surface area (Å²) in [5, 5.41) is 5.84. The maximum atomic E-state index is 11.1. The smallest absolute Gasteiger partial charge is 0.242 e. The molecule has 1 atom stereocenters. The molecule has 0 spiro atoms. The van der Waals surface area contributed by atoms with Crippen LogP contribution in [0.15, 0.2) is 0 Å². The maximum absolute atomic E-state index is 11.1.